The molecule has 1 heterocycles. The van der Waals surface area contributed by atoms with Gasteiger partial charge in [0.2, 0.25) is 0 Å². The highest BCUT2D eigenvalue weighted by Crippen LogP contribution is 2.31. The van der Waals surface area contributed by atoms with Crippen LogP contribution in [-0.4, -0.2) is 29.6 Å². The van der Waals surface area contributed by atoms with Crippen LogP contribution in [0.5, 0.6) is 5.75 Å². The van der Waals surface area contributed by atoms with E-state index in [9.17, 15) is 14.9 Å². The molecule has 0 radical (unpaired) electrons. The van der Waals surface area contributed by atoms with Gasteiger partial charge in [-0.2, -0.15) is 0 Å². The molecule has 0 aliphatic rings. The van der Waals surface area contributed by atoms with Crippen LogP contribution in [0, 0.1) is 10.1 Å². The van der Waals surface area contributed by atoms with Gasteiger partial charge in [-0.15, -0.1) is 0 Å². The second-order valence-electron chi connectivity index (χ2n) is 3.91. The Kier molecular flexibility index (Phi) is 4.09. The zero-order chi connectivity index (χ0) is 14.5. The van der Waals surface area contributed by atoms with Crippen molar-refractivity contribution >= 4 is 22.6 Å². The van der Waals surface area contributed by atoms with Crippen molar-refractivity contribution in [3.05, 3.63) is 40.6 Å². The summed E-state index contributed by atoms with van der Waals surface area (Å²) in [4.78, 5) is 25.5. The molecule has 0 aliphatic carbocycles. The van der Waals surface area contributed by atoms with Gasteiger partial charge in [-0.1, -0.05) is 0 Å². The van der Waals surface area contributed by atoms with Crippen molar-refractivity contribution in [3.63, 3.8) is 0 Å². The fourth-order valence-corrected chi connectivity index (χ4v) is 1.75. The van der Waals surface area contributed by atoms with E-state index in [2.05, 4.69) is 9.72 Å². The number of carbonyl (C=O) groups excluding carboxylic acids is 1. The smallest absolute Gasteiger partial charge is 0.308 e. The molecule has 0 N–H and O–H groups in total. The first kappa shape index (κ1) is 13.7. The lowest BCUT2D eigenvalue weighted by atomic mass is 10.1. The summed E-state index contributed by atoms with van der Waals surface area (Å²) >= 11 is 0. The summed E-state index contributed by atoms with van der Waals surface area (Å²) in [7, 11) is 1.30. The van der Waals surface area contributed by atoms with E-state index in [1.54, 1.807) is 12.1 Å². The predicted octanol–water partition coefficient (Wildman–Crippen LogP) is 2.08. The highest BCUT2D eigenvalue weighted by molar-refractivity contribution is 5.92. The Hall–Kier alpha value is -2.70. The summed E-state index contributed by atoms with van der Waals surface area (Å²) < 4.78 is 9.97. The third kappa shape index (κ3) is 2.82. The molecule has 0 aliphatic heterocycles. The number of benzene rings is 1. The molecule has 0 fully saturated rings. The largest absolute Gasteiger partial charge is 0.492 e. The molecule has 0 amide bonds. The van der Waals surface area contributed by atoms with Crippen LogP contribution in [0.3, 0.4) is 0 Å². The molecule has 0 atom stereocenters. The molecular weight excluding hydrogens is 264 g/mol. The van der Waals surface area contributed by atoms with Crippen LogP contribution in [0.4, 0.5) is 5.69 Å². The SMILES string of the molecule is COC(=O)CCOc1ccc([N+](=O)[O-])c2ncccc12. The van der Waals surface area contributed by atoms with E-state index in [4.69, 9.17) is 4.74 Å². The Labute approximate surface area is 114 Å². The number of methoxy groups -OCH3 is 1. The summed E-state index contributed by atoms with van der Waals surface area (Å²) in [6.45, 7) is 0.133. The minimum atomic E-state index is -0.492. The molecule has 0 spiro atoms. The van der Waals surface area contributed by atoms with Gasteiger partial charge in [-0.05, 0) is 18.2 Å². The molecule has 0 saturated heterocycles. The molecule has 104 valence electrons. The maximum absolute atomic E-state index is 11.0. The Balaban J connectivity index is 2.29. The van der Waals surface area contributed by atoms with Gasteiger partial charge in [0.25, 0.3) is 5.69 Å². The fourth-order valence-electron chi connectivity index (χ4n) is 1.75. The number of ether oxygens (including phenoxy) is 2. The molecule has 1 aromatic carbocycles. The van der Waals surface area contributed by atoms with Gasteiger partial charge in [0, 0.05) is 17.6 Å². The van der Waals surface area contributed by atoms with Crippen LogP contribution >= 0.6 is 0 Å². The summed E-state index contributed by atoms with van der Waals surface area (Å²) in [5, 5.41) is 11.5. The number of hydrogen-bond acceptors (Lipinski definition) is 6. The van der Waals surface area contributed by atoms with E-state index in [1.807, 2.05) is 0 Å². The van der Waals surface area contributed by atoms with Crippen molar-refractivity contribution in [1.82, 2.24) is 4.98 Å². The monoisotopic (exact) mass is 276 g/mol. The Morgan fingerprint density at radius 3 is 2.90 bits per heavy atom. The van der Waals surface area contributed by atoms with Crippen molar-refractivity contribution < 1.29 is 19.2 Å². The summed E-state index contributed by atoms with van der Waals surface area (Å²) in [5.74, 6) is 0.0666. The van der Waals surface area contributed by atoms with Crippen LogP contribution in [0.25, 0.3) is 10.9 Å². The van der Waals surface area contributed by atoms with E-state index in [0.717, 1.165) is 0 Å². The number of esters is 1. The molecule has 7 nitrogen and oxygen atoms in total. The standard InChI is InChI=1S/C13H12N2O5/c1-19-12(16)6-8-20-11-5-4-10(15(17)18)13-9(11)3-2-7-14-13/h2-5,7H,6,8H2,1H3. The number of nitro benzene ring substituents is 1. The zero-order valence-electron chi connectivity index (χ0n) is 10.7. The number of carbonyl (C=O) groups is 1. The number of fused-ring (bicyclic) bond motifs is 1. The van der Waals surface area contributed by atoms with Crippen molar-refractivity contribution in [3.8, 4) is 5.75 Å². The molecule has 0 saturated carbocycles. The van der Waals surface area contributed by atoms with Crippen LogP contribution in [0.2, 0.25) is 0 Å². The second-order valence-corrected chi connectivity index (χ2v) is 3.91. The highest BCUT2D eigenvalue weighted by atomic mass is 16.6. The van der Waals surface area contributed by atoms with Gasteiger partial charge < -0.3 is 9.47 Å². The molecular formula is C13H12N2O5. The predicted molar refractivity (Wildman–Crippen MR) is 70.5 cm³/mol. The number of rotatable bonds is 5. The molecule has 2 aromatic rings. The number of nitro groups is 1. The average Bonchev–Trinajstić information content (AvgIpc) is 2.46. The van der Waals surface area contributed by atoms with Crippen molar-refractivity contribution in [2.24, 2.45) is 0 Å². The van der Waals surface area contributed by atoms with Crippen LogP contribution in [0.1, 0.15) is 6.42 Å². The van der Waals surface area contributed by atoms with Crippen LogP contribution in [-0.2, 0) is 9.53 Å². The molecule has 20 heavy (non-hydrogen) atoms. The Morgan fingerprint density at radius 1 is 1.40 bits per heavy atom. The minimum absolute atomic E-state index is 0.0825. The Morgan fingerprint density at radius 2 is 2.20 bits per heavy atom. The minimum Gasteiger partial charge on any atom is -0.492 e. The van der Waals surface area contributed by atoms with Gasteiger partial charge in [-0.3, -0.25) is 14.9 Å². The molecule has 0 bridgehead atoms. The third-order valence-corrected chi connectivity index (χ3v) is 2.70. The van der Waals surface area contributed by atoms with E-state index < -0.39 is 4.92 Å². The lowest BCUT2D eigenvalue weighted by Crippen LogP contribution is -2.07. The topological polar surface area (TPSA) is 91.6 Å². The van der Waals surface area contributed by atoms with E-state index in [0.29, 0.717) is 11.1 Å². The highest BCUT2D eigenvalue weighted by Gasteiger charge is 2.16. The second kappa shape index (κ2) is 5.96. The van der Waals surface area contributed by atoms with Gasteiger partial charge in [0.1, 0.15) is 5.75 Å². The Bertz CT molecular complexity index is 656. The first-order valence-electron chi connectivity index (χ1n) is 5.85. The number of hydrogen-bond donors (Lipinski definition) is 0. The average molecular weight is 276 g/mol. The van der Waals surface area contributed by atoms with Gasteiger partial charge in [-0.25, -0.2) is 4.98 Å². The number of non-ortho nitro benzene ring substituents is 1. The summed E-state index contributed by atoms with van der Waals surface area (Å²) in [6, 6.07) is 6.18. The van der Waals surface area contributed by atoms with E-state index in [1.165, 1.54) is 25.4 Å². The quantitative estimate of drug-likeness (QED) is 0.471. The maximum atomic E-state index is 11.0. The lowest BCUT2D eigenvalue weighted by molar-refractivity contribution is -0.383. The molecule has 7 heteroatoms. The molecule has 1 aromatic heterocycles. The summed E-state index contributed by atoms with van der Waals surface area (Å²) in [5.41, 5.74) is 0.175. The normalized spacial score (nSPS) is 10.2. The fraction of sp³-hybridized carbons (Fsp3) is 0.231. The van der Waals surface area contributed by atoms with Crippen molar-refractivity contribution in [1.29, 1.82) is 0 Å². The van der Waals surface area contributed by atoms with Gasteiger partial charge in [0.05, 0.1) is 25.1 Å². The van der Waals surface area contributed by atoms with Gasteiger partial charge in [0.15, 0.2) is 5.52 Å². The van der Waals surface area contributed by atoms with Crippen LogP contribution in [0.15, 0.2) is 30.5 Å². The number of pyridine rings is 1. The number of nitrogens with zero attached hydrogens (tertiary/aromatic N) is 2. The summed E-state index contributed by atoms with van der Waals surface area (Å²) in [6.07, 6.45) is 1.59. The zero-order valence-corrected chi connectivity index (χ0v) is 10.7. The van der Waals surface area contributed by atoms with Crippen molar-refractivity contribution in [2.75, 3.05) is 13.7 Å². The number of aromatic nitrogens is 1. The van der Waals surface area contributed by atoms with Gasteiger partial charge >= 0.3 is 5.97 Å². The lowest BCUT2D eigenvalue weighted by Gasteiger charge is -2.08. The van der Waals surface area contributed by atoms with E-state index >= 15 is 0 Å². The van der Waals surface area contributed by atoms with Crippen LogP contribution < -0.4 is 4.74 Å². The van der Waals surface area contributed by atoms with E-state index in [-0.39, 0.29) is 30.2 Å². The third-order valence-electron chi connectivity index (χ3n) is 2.70. The first-order chi connectivity index (χ1) is 9.63. The molecule has 2 rings (SSSR count). The first-order valence-corrected chi connectivity index (χ1v) is 5.85. The van der Waals surface area contributed by atoms with Crippen molar-refractivity contribution in [2.45, 2.75) is 6.42 Å². The maximum Gasteiger partial charge on any atom is 0.308 e. The molecule has 0 unspecified atom stereocenters.